The molecule has 1 aliphatic rings. The van der Waals surface area contributed by atoms with Crippen LogP contribution in [0.25, 0.3) is 0 Å². The van der Waals surface area contributed by atoms with Gasteiger partial charge in [0, 0.05) is 34.4 Å². The summed E-state index contributed by atoms with van der Waals surface area (Å²) in [6.07, 6.45) is 0. The van der Waals surface area contributed by atoms with E-state index in [-0.39, 0.29) is 33.7 Å². The average molecular weight is 269 g/mol. The van der Waals surface area contributed by atoms with Gasteiger partial charge in [-0.1, -0.05) is 0 Å². The summed E-state index contributed by atoms with van der Waals surface area (Å²) in [6, 6.07) is 7.41. The molecule has 0 unspecified atom stereocenters. The number of nitro benzene ring substituents is 1. The van der Waals surface area contributed by atoms with Crippen LogP contribution in [0.3, 0.4) is 0 Å². The topological polar surface area (TPSA) is 97.5 Å². The summed E-state index contributed by atoms with van der Waals surface area (Å²) in [7, 11) is 0. The Bertz CT molecular complexity index is 794. The monoisotopic (exact) mass is 269 g/mol. The molecule has 6 nitrogen and oxygen atoms in total. The molecule has 0 spiro atoms. The van der Waals surface area contributed by atoms with E-state index in [9.17, 15) is 24.8 Å². The summed E-state index contributed by atoms with van der Waals surface area (Å²) in [5, 5.41) is 20.1. The van der Waals surface area contributed by atoms with Crippen molar-refractivity contribution in [2.24, 2.45) is 0 Å². The number of nitrogens with zero attached hydrogens (tertiary/aromatic N) is 1. The maximum absolute atomic E-state index is 12.3. The molecule has 1 aliphatic carbocycles. The minimum atomic E-state index is -0.621. The van der Waals surface area contributed by atoms with Crippen molar-refractivity contribution in [1.29, 1.82) is 0 Å². The van der Waals surface area contributed by atoms with Crippen molar-refractivity contribution in [1.82, 2.24) is 0 Å². The van der Waals surface area contributed by atoms with Crippen LogP contribution < -0.4 is 0 Å². The second-order valence-corrected chi connectivity index (χ2v) is 4.38. The van der Waals surface area contributed by atoms with Crippen molar-refractivity contribution in [3.63, 3.8) is 0 Å². The van der Waals surface area contributed by atoms with Gasteiger partial charge in [0.2, 0.25) is 0 Å². The number of aromatic hydroxyl groups is 1. The van der Waals surface area contributed by atoms with E-state index >= 15 is 0 Å². The number of non-ortho nitro benzene ring substituents is 1. The zero-order valence-electron chi connectivity index (χ0n) is 9.99. The predicted octanol–water partition coefficient (Wildman–Crippen LogP) is 2.08. The minimum Gasteiger partial charge on any atom is -0.508 e. The predicted molar refractivity (Wildman–Crippen MR) is 68.1 cm³/mol. The van der Waals surface area contributed by atoms with Crippen LogP contribution in [0.5, 0.6) is 5.75 Å². The van der Waals surface area contributed by atoms with Gasteiger partial charge >= 0.3 is 0 Å². The number of nitro groups is 1. The first-order valence-corrected chi connectivity index (χ1v) is 5.70. The van der Waals surface area contributed by atoms with Crippen molar-refractivity contribution in [3.8, 4) is 5.75 Å². The van der Waals surface area contributed by atoms with Crippen LogP contribution in [0.2, 0.25) is 0 Å². The summed E-state index contributed by atoms with van der Waals surface area (Å²) < 4.78 is 0. The van der Waals surface area contributed by atoms with Gasteiger partial charge in [0.1, 0.15) is 5.75 Å². The molecule has 0 saturated heterocycles. The van der Waals surface area contributed by atoms with Crippen LogP contribution in [0.1, 0.15) is 31.8 Å². The third-order valence-corrected chi connectivity index (χ3v) is 3.20. The van der Waals surface area contributed by atoms with Crippen molar-refractivity contribution in [3.05, 3.63) is 68.8 Å². The molecule has 2 aromatic rings. The molecular weight excluding hydrogens is 262 g/mol. The summed E-state index contributed by atoms with van der Waals surface area (Å²) in [5.41, 5.74) is 0.130. The molecule has 20 heavy (non-hydrogen) atoms. The number of hydrogen-bond donors (Lipinski definition) is 1. The first kappa shape index (κ1) is 12.0. The highest BCUT2D eigenvalue weighted by atomic mass is 16.6. The highest BCUT2D eigenvalue weighted by Crippen LogP contribution is 2.31. The fourth-order valence-corrected chi connectivity index (χ4v) is 2.24. The van der Waals surface area contributed by atoms with Gasteiger partial charge in [-0.15, -0.1) is 0 Å². The van der Waals surface area contributed by atoms with Crippen molar-refractivity contribution < 1.29 is 19.6 Å². The second kappa shape index (κ2) is 3.99. The van der Waals surface area contributed by atoms with E-state index in [0.717, 1.165) is 6.07 Å². The SMILES string of the molecule is O=C1c2ccc([N+](=O)[O-])cc2C(=O)c2ccc(O)cc21. The Balaban J connectivity index is 2.26. The van der Waals surface area contributed by atoms with Gasteiger partial charge in [0.15, 0.2) is 11.6 Å². The molecule has 3 rings (SSSR count). The third-order valence-electron chi connectivity index (χ3n) is 3.20. The lowest BCUT2D eigenvalue weighted by molar-refractivity contribution is -0.384. The van der Waals surface area contributed by atoms with Gasteiger partial charge < -0.3 is 5.11 Å². The summed E-state index contributed by atoms with van der Waals surface area (Å²) in [5.74, 6) is -1.01. The molecule has 1 N–H and O–H groups in total. The zero-order chi connectivity index (χ0) is 14.4. The number of benzene rings is 2. The fourth-order valence-electron chi connectivity index (χ4n) is 2.24. The molecule has 98 valence electrons. The fraction of sp³-hybridized carbons (Fsp3) is 0. The lowest BCUT2D eigenvalue weighted by Gasteiger charge is -2.17. The van der Waals surface area contributed by atoms with E-state index in [1.807, 2.05) is 0 Å². The van der Waals surface area contributed by atoms with E-state index in [1.54, 1.807) is 0 Å². The molecular formula is C14H7NO5. The smallest absolute Gasteiger partial charge is 0.270 e. The summed E-state index contributed by atoms with van der Waals surface area (Å²) >= 11 is 0. The molecule has 0 radical (unpaired) electrons. The van der Waals surface area contributed by atoms with Gasteiger partial charge in [-0.2, -0.15) is 0 Å². The van der Waals surface area contributed by atoms with Crippen molar-refractivity contribution in [2.75, 3.05) is 0 Å². The first-order chi connectivity index (χ1) is 9.49. The van der Waals surface area contributed by atoms with Crippen LogP contribution in [-0.2, 0) is 0 Å². The molecule has 0 aliphatic heterocycles. The normalized spacial score (nSPS) is 12.8. The number of carbonyl (C=O) groups excluding carboxylic acids is 2. The maximum atomic E-state index is 12.3. The van der Waals surface area contributed by atoms with E-state index in [4.69, 9.17) is 0 Å². The van der Waals surface area contributed by atoms with Crippen molar-refractivity contribution >= 4 is 17.3 Å². The van der Waals surface area contributed by atoms with E-state index in [0.29, 0.717) is 0 Å². The Hall–Kier alpha value is -3.02. The van der Waals surface area contributed by atoms with E-state index < -0.39 is 16.5 Å². The highest BCUT2D eigenvalue weighted by Gasteiger charge is 2.31. The zero-order valence-corrected chi connectivity index (χ0v) is 9.99. The molecule has 0 heterocycles. The van der Waals surface area contributed by atoms with Crippen LogP contribution >= 0.6 is 0 Å². The Morgan fingerprint density at radius 2 is 1.40 bits per heavy atom. The van der Waals surface area contributed by atoms with Gasteiger partial charge in [0.25, 0.3) is 5.69 Å². The lowest BCUT2D eigenvalue weighted by atomic mass is 9.84. The molecule has 0 fully saturated rings. The number of hydrogen-bond acceptors (Lipinski definition) is 5. The largest absolute Gasteiger partial charge is 0.508 e. The molecule has 0 bridgehead atoms. The van der Waals surface area contributed by atoms with Crippen LogP contribution in [0, 0.1) is 10.1 Å². The maximum Gasteiger partial charge on any atom is 0.270 e. The van der Waals surface area contributed by atoms with Gasteiger partial charge in [0.05, 0.1) is 4.92 Å². The Labute approximate surface area is 112 Å². The minimum absolute atomic E-state index is 0.0161. The summed E-state index contributed by atoms with van der Waals surface area (Å²) in [4.78, 5) is 34.7. The highest BCUT2D eigenvalue weighted by molar-refractivity contribution is 6.28. The van der Waals surface area contributed by atoms with Crippen LogP contribution in [-0.4, -0.2) is 21.6 Å². The lowest BCUT2D eigenvalue weighted by Crippen LogP contribution is -2.20. The molecule has 2 aromatic carbocycles. The third kappa shape index (κ3) is 1.58. The number of phenolic OH excluding ortho intramolecular Hbond substituents is 1. The van der Waals surface area contributed by atoms with Crippen LogP contribution in [0.4, 0.5) is 5.69 Å². The summed E-state index contributed by atoms with van der Waals surface area (Å²) in [6.45, 7) is 0. The quantitative estimate of drug-likeness (QED) is 0.538. The van der Waals surface area contributed by atoms with Gasteiger partial charge in [-0.25, -0.2) is 0 Å². The first-order valence-electron chi connectivity index (χ1n) is 5.70. The number of rotatable bonds is 1. The standard InChI is InChI=1S/C14H7NO5/c16-8-2-4-10-12(6-8)14(18)9-3-1-7(15(19)20)5-11(9)13(10)17/h1-6,16H. The second-order valence-electron chi connectivity index (χ2n) is 4.38. The van der Waals surface area contributed by atoms with E-state index in [2.05, 4.69) is 0 Å². The molecule has 0 aromatic heterocycles. The number of ketones is 2. The average Bonchev–Trinajstić information content (AvgIpc) is 2.44. The van der Waals surface area contributed by atoms with Gasteiger partial charge in [-0.05, 0) is 24.3 Å². The Morgan fingerprint density at radius 3 is 2.00 bits per heavy atom. The van der Waals surface area contributed by atoms with Crippen molar-refractivity contribution in [2.45, 2.75) is 0 Å². The number of phenols is 1. The Kier molecular flexibility index (Phi) is 2.40. The molecule has 6 heteroatoms. The number of carbonyl (C=O) groups is 2. The van der Waals surface area contributed by atoms with Gasteiger partial charge in [-0.3, -0.25) is 19.7 Å². The molecule has 0 atom stereocenters. The molecule has 0 saturated carbocycles. The van der Waals surface area contributed by atoms with Crippen LogP contribution in [0.15, 0.2) is 36.4 Å². The molecule has 0 amide bonds. The Morgan fingerprint density at radius 1 is 0.850 bits per heavy atom. The number of fused-ring (bicyclic) bond motifs is 2. The van der Waals surface area contributed by atoms with E-state index in [1.165, 1.54) is 30.3 Å².